The van der Waals surface area contributed by atoms with Crippen molar-refractivity contribution in [3.8, 4) is 11.3 Å². The Kier molecular flexibility index (Phi) is 4.54. The third kappa shape index (κ3) is 3.35. The highest BCUT2D eigenvalue weighted by Gasteiger charge is 2.25. The van der Waals surface area contributed by atoms with Crippen molar-refractivity contribution < 1.29 is 0 Å². The number of rotatable bonds is 3. The van der Waals surface area contributed by atoms with Crippen LogP contribution >= 0.6 is 23.2 Å². The summed E-state index contributed by atoms with van der Waals surface area (Å²) in [5.41, 5.74) is 7.85. The molecule has 0 aliphatic carbocycles. The minimum absolute atomic E-state index is 0.0795. The normalized spacial score (nSPS) is 11.9. The molecule has 1 aromatic heterocycles. The van der Waals surface area contributed by atoms with Gasteiger partial charge in [0.15, 0.2) is 0 Å². The third-order valence-electron chi connectivity index (χ3n) is 3.26. The van der Waals surface area contributed by atoms with E-state index in [0.717, 1.165) is 30.0 Å². The van der Waals surface area contributed by atoms with Crippen LogP contribution in [0.4, 0.5) is 5.82 Å². The predicted molar refractivity (Wildman–Crippen MR) is 91.1 cm³/mol. The molecule has 0 aliphatic rings. The Morgan fingerprint density at radius 1 is 1.14 bits per heavy atom. The number of nitrogens with zero attached hydrogens (tertiary/aromatic N) is 2. The van der Waals surface area contributed by atoms with Crippen molar-refractivity contribution in [3.63, 3.8) is 0 Å². The van der Waals surface area contributed by atoms with E-state index < -0.39 is 0 Å². The first-order valence-electron chi connectivity index (χ1n) is 7.07. The Labute approximate surface area is 136 Å². The smallest absolute Gasteiger partial charge is 0.131 e. The molecule has 1 heterocycles. The van der Waals surface area contributed by atoms with Gasteiger partial charge in [-0.3, -0.25) is 0 Å². The van der Waals surface area contributed by atoms with Gasteiger partial charge in [-0.15, -0.1) is 0 Å². The van der Waals surface area contributed by atoms with Crippen LogP contribution in [-0.2, 0) is 12.0 Å². The van der Waals surface area contributed by atoms with Gasteiger partial charge in [-0.05, 0) is 24.6 Å². The molecule has 0 saturated heterocycles. The molecule has 0 amide bonds. The van der Waals surface area contributed by atoms with Gasteiger partial charge in [0, 0.05) is 27.6 Å². The lowest BCUT2D eigenvalue weighted by Gasteiger charge is -2.19. The minimum Gasteiger partial charge on any atom is -0.383 e. The zero-order chi connectivity index (χ0) is 15.8. The third-order valence-corrected chi connectivity index (χ3v) is 3.70. The number of halogens is 2. The topological polar surface area (TPSA) is 43.8 Å². The summed E-state index contributed by atoms with van der Waals surface area (Å²) in [5, 5.41) is 1.17. The summed E-state index contributed by atoms with van der Waals surface area (Å²) in [5.74, 6) is 1.65. The van der Waals surface area contributed by atoms with Gasteiger partial charge in [-0.1, -0.05) is 50.9 Å². The summed E-state index contributed by atoms with van der Waals surface area (Å²) < 4.78 is 2.09. The van der Waals surface area contributed by atoms with Crippen molar-refractivity contribution in [2.24, 2.45) is 0 Å². The second kappa shape index (κ2) is 5.90. The quantitative estimate of drug-likeness (QED) is 0.848. The van der Waals surface area contributed by atoms with E-state index in [1.807, 2.05) is 12.1 Å². The molecule has 0 saturated carbocycles. The fraction of sp³-hybridized carbons (Fsp3) is 0.438. The number of nitrogen functional groups attached to an aromatic ring is 1. The molecular formula is C16H21Cl2N3. The van der Waals surface area contributed by atoms with E-state index in [0.29, 0.717) is 15.9 Å². The monoisotopic (exact) mass is 325 g/mol. The van der Waals surface area contributed by atoms with E-state index in [2.05, 4.69) is 32.3 Å². The van der Waals surface area contributed by atoms with E-state index in [9.17, 15) is 0 Å². The number of anilines is 1. The van der Waals surface area contributed by atoms with Gasteiger partial charge in [0.05, 0.1) is 0 Å². The van der Waals surface area contributed by atoms with Crippen LogP contribution in [0.1, 0.15) is 39.9 Å². The van der Waals surface area contributed by atoms with Crippen molar-refractivity contribution in [1.29, 1.82) is 0 Å². The summed E-state index contributed by atoms with van der Waals surface area (Å²) >= 11 is 12.2. The summed E-state index contributed by atoms with van der Waals surface area (Å²) in [6.07, 6.45) is 0.999. The van der Waals surface area contributed by atoms with Crippen molar-refractivity contribution >= 4 is 29.0 Å². The van der Waals surface area contributed by atoms with Crippen LogP contribution in [-0.4, -0.2) is 9.55 Å². The molecule has 0 fully saturated rings. The van der Waals surface area contributed by atoms with Crippen molar-refractivity contribution in [3.05, 3.63) is 34.1 Å². The lowest BCUT2D eigenvalue weighted by Crippen LogP contribution is -2.19. The van der Waals surface area contributed by atoms with Gasteiger partial charge in [-0.25, -0.2) is 4.98 Å². The van der Waals surface area contributed by atoms with Gasteiger partial charge >= 0.3 is 0 Å². The van der Waals surface area contributed by atoms with Crippen molar-refractivity contribution in [1.82, 2.24) is 9.55 Å². The fourth-order valence-corrected chi connectivity index (χ4v) is 2.92. The Balaban J connectivity index is 2.64. The zero-order valence-corrected chi connectivity index (χ0v) is 14.4. The molecule has 0 unspecified atom stereocenters. The summed E-state index contributed by atoms with van der Waals surface area (Å²) in [7, 11) is 0. The molecule has 3 nitrogen and oxygen atoms in total. The minimum atomic E-state index is -0.0795. The van der Waals surface area contributed by atoms with Crippen molar-refractivity contribution in [2.75, 3.05) is 5.73 Å². The highest BCUT2D eigenvalue weighted by atomic mass is 35.5. The fourth-order valence-electron chi connectivity index (χ4n) is 2.39. The maximum atomic E-state index is 6.33. The molecule has 2 aromatic rings. The largest absolute Gasteiger partial charge is 0.383 e. The van der Waals surface area contributed by atoms with Crippen LogP contribution < -0.4 is 5.73 Å². The molecule has 114 valence electrons. The SMILES string of the molecule is CCCn1c(C(C)(C)C)nc(-c2cc(Cl)cc(Cl)c2)c1N. The molecule has 5 heteroatoms. The average Bonchev–Trinajstić information content (AvgIpc) is 2.66. The highest BCUT2D eigenvalue weighted by Crippen LogP contribution is 2.34. The number of benzene rings is 1. The highest BCUT2D eigenvalue weighted by molar-refractivity contribution is 6.35. The maximum absolute atomic E-state index is 6.33. The average molecular weight is 326 g/mol. The van der Waals surface area contributed by atoms with E-state index in [1.165, 1.54) is 0 Å². The molecular weight excluding hydrogens is 305 g/mol. The van der Waals surface area contributed by atoms with Gasteiger partial charge in [0.25, 0.3) is 0 Å². The van der Waals surface area contributed by atoms with Crippen molar-refractivity contribution in [2.45, 2.75) is 46.1 Å². The summed E-state index contributed by atoms with van der Waals surface area (Å²) in [6.45, 7) is 9.38. The second-order valence-corrected chi connectivity index (χ2v) is 7.10. The Hall–Kier alpha value is -1.19. The van der Waals surface area contributed by atoms with Gasteiger partial charge in [-0.2, -0.15) is 0 Å². The van der Waals surface area contributed by atoms with Crippen LogP contribution in [0.5, 0.6) is 0 Å². The zero-order valence-electron chi connectivity index (χ0n) is 12.9. The molecule has 2 N–H and O–H groups in total. The van der Waals surface area contributed by atoms with Crippen LogP contribution in [0.3, 0.4) is 0 Å². The Morgan fingerprint density at radius 2 is 1.71 bits per heavy atom. The molecule has 21 heavy (non-hydrogen) atoms. The first-order chi connectivity index (χ1) is 9.74. The number of aromatic nitrogens is 2. The van der Waals surface area contributed by atoms with Crippen LogP contribution in [0.15, 0.2) is 18.2 Å². The molecule has 0 radical (unpaired) electrons. The molecule has 0 bridgehead atoms. The number of hydrogen-bond acceptors (Lipinski definition) is 2. The molecule has 0 aliphatic heterocycles. The van der Waals surface area contributed by atoms with Crippen LogP contribution in [0.25, 0.3) is 11.3 Å². The molecule has 0 spiro atoms. The lowest BCUT2D eigenvalue weighted by molar-refractivity contribution is 0.498. The predicted octanol–water partition coefficient (Wildman–Crippen LogP) is 5.15. The van der Waals surface area contributed by atoms with Crippen LogP contribution in [0.2, 0.25) is 10.0 Å². The number of nitrogens with two attached hydrogens (primary N) is 1. The van der Waals surface area contributed by atoms with Gasteiger partial charge in [0.1, 0.15) is 17.3 Å². The van der Waals surface area contributed by atoms with Crippen LogP contribution in [0, 0.1) is 0 Å². The summed E-state index contributed by atoms with van der Waals surface area (Å²) in [4.78, 5) is 4.77. The maximum Gasteiger partial charge on any atom is 0.131 e. The first-order valence-corrected chi connectivity index (χ1v) is 7.82. The second-order valence-electron chi connectivity index (χ2n) is 6.23. The van der Waals surface area contributed by atoms with E-state index >= 15 is 0 Å². The van der Waals surface area contributed by atoms with E-state index in [1.54, 1.807) is 6.07 Å². The molecule has 0 atom stereocenters. The van der Waals surface area contributed by atoms with Gasteiger partial charge in [0.2, 0.25) is 0 Å². The molecule has 1 aromatic carbocycles. The lowest BCUT2D eigenvalue weighted by atomic mass is 9.95. The standard InChI is InChI=1S/C16H21Cl2N3/c1-5-6-21-14(19)13(20-15(21)16(2,3)4)10-7-11(17)9-12(18)8-10/h7-9H,5-6,19H2,1-4H3. The Bertz CT molecular complexity index is 634. The first kappa shape index (κ1) is 16.2. The number of hydrogen-bond donors (Lipinski definition) is 1. The molecule has 2 rings (SSSR count). The Morgan fingerprint density at radius 3 is 2.19 bits per heavy atom. The van der Waals surface area contributed by atoms with E-state index in [-0.39, 0.29) is 5.41 Å². The summed E-state index contributed by atoms with van der Waals surface area (Å²) in [6, 6.07) is 5.39. The van der Waals surface area contributed by atoms with Gasteiger partial charge < -0.3 is 10.3 Å². The number of imidazole rings is 1. The van der Waals surface area contributed by atoms with E-state index in [4.69, 9.17) is 33.9 Å².